The summed E-state index contributed by atoms with van der Waals surface area (Å²) in [6.07, 6.45) is 1.05. The van der Waals surface area contributed by atoms with E-state index in [-0.39, 0.29) is 30.1 Å². The van der Waals surface area contributed by atoms with Gasteiger partial charge in [0.15, 0.2) is 17.5 Å². The van der Waals surface area contributed by atoms with Crippen molar-refractivity contribution in [3.8, 4) is 11.5 Å². The van der Waals surface area contributed by atoms with Gasteiger partial charge in [-0.05, 0) is 52.0 Å². The zero-order chi connectivity index (χ0) is 19.2. The van der Waals surface area contributed by atoms with Crippen LogP contribution in [0.5, 0.6) is 11.5 Å². The van der Waals surface area contributed by atoms with Crippen LogP contribution < -0.4 is 20.1 Å². The van der Waals surface area contributed by atoms with E-state index in [0.717, 1.165) is 56.6 Å². The first-order valence-corrected chi connectivity index (χ1v) is 9.68. The molecule has 6 nitrogen and oxygen atoms in total. The number of para-hydroxylation sites is 2. The molecule has 0 aliphatic heterocycles. The van der Waals surface area contributed by atoms with Gasteiger partial charge in [0.05, 0.1) is 13.7 Å². The molecule has 1 unspecified atom stereocenters. The number of aliphatic imine (C=N–C) groups is 1. The van der Waals surface area contributed by atoms with E-state index < -0.39 is 0 Å². The second kappa shape index (κ2) is 15.8. The second-order valence-electron chi connectivity index (χ2n) is 6.11. The average molecular weight is 492 g/mol. The van der Waals surface area contributed by atoms with Gasteiger partial charge in [-0.2, -0.15) is 0 Å². The molecule has 0 amide bonds. The van der Waals surface area contributed by atoms with Crippen LogP contribution in [0.25, 0.3) is 0 Å². The van der Waals surface area contributed by atoms with E-state index in [2.05, 4.69) is 41.3 Å². The van der Waals surface area contributed by atoms with Gasteiger partial charge >= 0.3 is 0 Å². The van der Waals surface area contributed by atoms with Crippen molar-refractivity contribution in [3.63, 3.8) is 0 Å². The molecular formula is C20H37IN4O2. The molecule has 0 aromatic heterocycles. The molecule has 0 radical (unpaired) electrons. The highest BCUT2D eigenvalue weighted by Gasteiger charge is 2.08. The molecule has 1 atom stereocenters. The van der Waals surface area contributed by atoms with Gasteiger partial charge in [-0.15, -0.1) is 24.0 Å². The predicted octanol–water partition coefficient (Wildman–Crippen LogP) is 3.37. The summed E-state index contributed by atoms with van der Waals surface area (Å²) in [4.78, 5) is 7.06. The van der Waals surface area contributed by atoms with Crippen LogP contribution in [0.15, 0.2) is 29.3 Å². The molecule has 0 aliphatic rings. The Kier molecular flexibility index (Phi) is 15.1. The van der Waals surface area contributed by atoms with Crippen LogP contribution in [0.4, 0.5) is 0 Å². The van der Waals surface area contributed by atoms with E-state index in [9.17, 15) is 0 Å². The summed E-state index contributed by atoms with van der Waals surface area (Å²) < 4.78 is 11.3. The summed E-state index contributed by atoms with van der Waals surface area (Å²) in [5.41, 5.74) is 0. The van der Waals surface area contributed by atoms with Gasteiger partial charge in [0.2, 0.25) is 0 Å². The zero-order valence-electron chi connectivity index (χ0n) is 17.5. The van der Waals surface area contributed by atoms with Gasteiger partial charge in [-0.1, -0.05) is 26.0 Å². The Morgan fingerprint density at radius 3 is 2.37 bits per heavy atom. The van der Waals surface area contributed by atoms with Crippen molar-refractivity contribution in [1.29, 1.82) is 0 Å². The van der Waals surface area contributed by atoms with Crippen molar-refractivity contribution < 1.29 is 9.47 Å². The molecule has 1 aromatic rings. The lowest BCUT2D eigenvalue weighted by molar-refractivity contribution is 0.219. The van der Waals surface area contributed by atoms with Crippen molar-refractivity contribution in [2.45, 2.75) is 40.2 Å². The van der Waals surface area contributed by atoms with Crippen molar-refractivity contribution in [3.05, 3.63) is 24.3 Å². The third-order valence-corrected chi connectivity index (χ3v) is 4.09. The van der Waals surface area contributed by atoms with Crippen LogP contribution in [0.2, 0.25) is 0 Å². The Bertz CT molecular complexity index is 524. The molecule has 7 heteroatoms. The highest BCUT2D eigenvalue weighted by molar-refractivity contribution is 14.0. The van der Waals surface area contributed by atoms with Gasteiger partial charge in [0, 0.05) is 13.1 Å². The third-order valence-electron chi connectivity index (χ3n) is 4.09. The van der Waals surface area contributed by atoms with E-state index in [1.807, 2.05) is 31.2 Å². The van der Waals surface area contributed by atoms with E-state index in [4.69, 9.17) is 9.47 Å². The van der Waals surface area contributed by atoms with Crippen LogP contribution in [0, 0.1) is 0 Å². The standard InChI is InChI=1S/C20H36N4O2.HI/c1-6-21-20(22-14-11-15-24(7-2)8-3)23-16-17(4)26-19-13-10-9-12-18(19)25-5;/h9-10,12-13,17H,6-8,11,14-16H2,1-5H3,(H2,21,22,23);1H. The molecule has 0 bridgehead atoms. The minimum Gasteiger partial charge on any atom is -0.493 e. The van der Waals surface area contributed by atoms with E-state index >= 15 is 0 Å². The number of ether oxygens (including phenoxy) is 2. The Balaban J connectivity index is 0.00000676. The lowest BCUT2D eigenvalue weighted by Gasteiger charge is -2.19. The summed E-state index contributed by atoms with van der Waals surface area (Å²) in [5, 5.41) is 6.68. The normalized spacial score (nSPS) is 12.3. The molecule has 0 saturated carbocycles. The molecular weight excluding hydrogens is 455 g/mol. The molecule has 1 aromatic carbocycles. The van der Waals surface area contributed by atoms with Gasteiger partial charge < -0.3 is 25.0 Å². The SMILES string of the molecule is CCNC(=NCC(C)Oc1ccccc1OC)NCCCN(CC)CC.I. The highest BCUT2D eigenvalue weighted by atomic mass is 127. The lowest BCUT2D eigenvalue weighted by Crippen LogP contribution is -2.39. The van der Waals surface area contributed by atoms with E-state index in [1.165, 1.54) is 0 Å². The van der Waals surface area contributed by atoms with Crippen LogP contribution in [0.1, 0.15) is 34.1 Å². The number of nitrogens with zero attached hydrogens (tertiary/aromatic N) is 2. The van der Waals surface area contributed by atoms with Gasteiger partial charge in [0.25, 0.3) is 0 Å². The summed E-state index contributed by atoms with van der Waals surface area (Å²) >= 11 is 0. The van der Waals surface area contributed by atoms with Crippen LogP contribution in [0.3, 0.4) is 0 Å². The Labute approximate surface area is 182 Å². The zero-order valence-corrected chi connectivity index (χ0v) is 19.8. The van der Waals surface area contributed by atoms with Gasteiger partial charge in [0.1, 0.15) is 6.10 Å². The number of hydrogen-bond donors (Lipinski definition) is 2. The van der Waals surface area contributed by atoms with Crippen LogP contribution >= 0.6 is 24.0 Å². The molecule has 27 heavy (non-hydrogen) atoms. The number of nitrogens with one attached hydrogen (secondary N) is 2. The monoisotopic (exact) mass is 492 g/mol. The maximum Gasteiger partial charge on any atom is 0.191 e. The van der Waals surface area contributed by atoms with Crippen molar-refractivity contribution in [2.24, 2.45) is 4.99 Å². The highest BCUT2D eigenvalue weighted by Crippen LogP contribution is 2.26. The topological polar surface area (TPSA) is 58.1 Å². The molecule has 1 rings (SSSR count). The van der Waals surface area contributed by atoms with Crippen LogP contribution in [-0.2, 0) is 0 Å². The minimum absolute atomic E-state index is 0. The minimum atomic E-state index is -0.0440. The first kappa shape index (κ1) is 25.8. The fourth-order valence-electron chi connectivity index (χ4n) is 2.58. The Hall–Kier alpha value is -1.22. The fourth-order valence-corrected chi connectivity index (χ4v) is 2.58. The number of benzene rings is 1. The smallest absolute Gasteiger partial charge is 0.191 e. The number of halogens is 1. The van der Waals surface area contributed by atoms with E-state index in [1.54, 1.807) is 7.11 Å². The summed E-state index contributed by atoms with van der Waals surface area (Å²) in [6.45, 7) is 14.1. The first-order valence-electron chi connectivity index (χ1n) is 9.68. The number of rotatable bonds is 12. The Morgan fingerprint density at radius 1 is 1.11 bits per heavy atom. The molecule has 156 valence electrons. The predicted molar refractivity (Wildman–Crippen MR) is 125 cm³/mol. The first-order chi connectivity index (χ1) is 12.6. The molecule has 0 heterocycles. The van der Waals surface area contributed by atoms with Gasteiger partial charge in [-0.3, -0.25) is 0 Å². The number of hydrogen-bond acceptors (Lipinski definition) is 4. The van der Waals surface area contributed by atoms with Gasteiger partial charge in [-0.25, -0.2) is 4.99 Å². The molecule has 2 N–H and O–H groups in total. The molecule has 0 spiro atoms. The quantitative estimate of drug-likeness (QED) is 0.203. The largest absolute Gasteiger partial charge is 0.493 e. The second-order valence-corrected chi connectivity index (χ2v) is 6.11. The number of guanidine groups is 1. The summed E-state index contributed by atoms with van der Waals surface area (Å²) in [7, 11) is 1.65. The van der Waals surface area contributed by atoms with Crippen molar-refractivity contribution in [2.75, 3.05) is 46.4 Å². The van der Waals surface area contributed by atoms with Crippen LogP contribution in [-0.4, -0.2) is 63.3 Å². The molecule has 0 saturated heterocycles. The fraction of sp³-hybridized carbons (Fsp3) is 0.650. The van der Waals surface area contributed by atoms with E-state index in [0.29, 0.717) is 6.54 Å². The molecule has 0 fully saturated rings. The summed E-state index contributed by atoms with van der Waals surface area (Å²) in [6, 6.07) is 7.68. The average Bonchev–Trinajstić information content (AvgIpc) is 2.66. The molecule has 0 aliphatic carbocycles. The Morgan fingerprint density at radius 2 is 1.78 bits per heavy atom. The third kappa shape index (κ3) is 10.6. The van der Waals surface area contributed by atoms with Crippen molar-refractivity contribution >= 4 is 29.9 Å². The lowest BCUT2D eigenvalue weighted by atomic mass is 10.3. The maximum atomic E-state index is 5.96. The summed E-state index contributed by atoms with van der Waals surface area (Å²) in [5.74, 6) is 2.32. The maximum absolute atomic E-state index is 5.96. The number of methoxy groups -OCH3 is 1. The van der Waals surface area contributed by atoms with Crippen molar-refractivity contribution in [1.82, 2.24) is 15.5 Å².